The Bertz CT molecular complexity index is 927. The van der Waals surface area contributed by atoms with Crippen molar-refractivity contribution in [1.82, 2.24) is 30.3 Å². The van der Waals surface area contributed by atoms with Crippen LogP contribution in [0.25, 0.3) is 0 Å². The lowest BCUT2D eigenvalue weighted by atomic mass is 10.0. The van der Waals surface area contributed by atoms with Gasteiger partial charge in [0, 0.05) is 25.7 Å². The summed E-state index contributed by atoms with van der Waals surface area (Å²) in [5.41, 5.74) is 1.27. The molecule has 2 aromatic rings. The summed E-state index contributed by atoms with van der Waals surface area (Å²) in [4.78, 5) is 12.4. The molecule has 172 valence electrons. The number of hydrogen-bond acceptors (Lipinski definition) is 6. The van der Waals surface area contributed by atoms with Gasteiger partial charge in [-0.1, -0.05) is 29.3 Å². The number of benzene rings is 1. The van der Waals surface area contributed by atoms with Crippen molar-refractivity contribution in [3.63, 3.8) is 0 Å². The molecule has 1 saturated heterocycles. The minimum Gasteiger partial charge on any atom is -0.351 e. The molecule has 31 heavy (non-hydrogen) atoms. The van der Waals surface area contributed by atoms with E-state index in [1.54, 1.807) is 35.1 Å². The molecule has 0 bridgehead atoms. The van der Waals surface area contributed by atoms with Gasteiger partial charge < -0.3 is 10.6 Å². The zero-order valence-corrected chi connectivity index (χ0v) is 19.3. The number of carbonyl (C=O) groups is 1. The number of amides is 1. The summed E-state index contributed by atoms with van der Waals surface area (Å²) in [6.07, 6.45) is 6.75. The minimum absolute atomic E-state index is 0. The lowest BCUT2D eigenvalue weighted by Gasteiger charge is -2.23. The van der Waals surface area contributed by atoms with Crippen LogP contribution in [-0.2, 0) is 16.6 Å². The summed E-state index contributed by atoms with van der Waals surface area (Å²) >= 11 is 0. The van der Waals surface area contributed by atoms with Gasteiger partial charge in [0.15, 0.2) is 5.69 Å². The molecule has 3 N–H and O–H groups in total. The first-order valence-electron chi connectivity index (χ1n) is 10.4. The van der Waals surface area contributed by atoms with E-state index in [9.17, 15) is 13.2 Å². The van der Waals surface area contributed by atoms with Crippen molar-refractivity contribution in [2.24, 2.45) is 0 Å². The molecule has 2 heterocycles. The Kier molecular flexibility index (Phi) is 9.89. The van der Waals surface area contributed by atoms with Crippen molar-refractivity contribution in [2.75, 3.05) is 19.6 Å². The van der Waals surface area contributed by atoms with Gasteiger partial charge in [-0.25, -0.2) is 13.1 Å². The van der Waals surface area contributed by atoms with Crippen LogP contribution in [0.2, 0.25) is 0 Å². The van der Waals surface area contributed by atoms with Gasteiger partial charge >= 0.3 is 0 Å². The number of aryl methyl sites for hydroxylation is 2. The molecule has 9 nitrogen and oxygen atoms in total. The third kappa shape index (κ3) is 7.88. The summed E-state index contributed by atoms with van der Waals surface area (Å²) in [6.45, 7) is 4.26. The summed E-state index contributed by atoms with van der Waals surface area (Å²) in [5.74, 6) is -0.307. The van der Waals surface area contributed by atoms with Crippen molar-refractivity contribution in [1.29, 1.82) is 0 Å². The Morgan fingerprint density at radius 2 is 2.00 bits per heavy atom. The fraction of sp³-hybridized carbons (Fsp3) is 0.550. The van der Waals surface area contributed by atoms with E-state index in [0.29, 0.717) is 19.0 Å². The fourth-order valence-electron chi connectivity index (χ4n) is 3.36. The zero-order valence-electron chi connectivity index (χ0n) is 17.7. The maximum atomic E-state index is 12.2. The minimum atomic E-state index is -3.54. The van der Waals surface area contributed by atoms with Crippen LogP contribution in [0.5, 0.6) is 0 Å². The van der Waals surface area contributed by atoms with Crippen molar-refractivity contribution in [3.05, 3.63) is 41.7 Å². The highest BCUT2D eigenvalue weighted by molar-refractivity contribution is 7.89. The van der Waals surface area contributed by atoms with E-state index in [0.717, 1.165) is 25.1 Å². The highest BCUT2D eigenvalue weighted by atomic mass is 35.5. The number of carbonyl (C=O) groups excluding carboxylic acids is 1. The number of rotatable bonds is 10. The maximum absolute atomic E-state index is 12.2. The van der Waals surface area contributed by atoms with Crippen molar-refractivity contribution >= 4 is 28.3 Å². The smallest absolute Gasteiger partial charge is 0.273 e. The summed E-state index contributed by atoms with van der Waals surface area (Å²) in [5, 5.41) is 14.2. The van der Waals surface area contributed by atoms with Crippen LogP contribution in [0.3, 0.4) is 0 Å². The highest BCUT2D eigenvalue weighted by Gasteiger charge is 2.15. The first kappa shape index (κ1) is 25.3. The van der Waals surface area contributed by atoms with Crippen LogP contribution in [0.15, 0.2) is 35.4 Å². The van der Waals surface area contributed by atoms with Gasteiger partial charge in [-0.2, -0.15) is 0 Å². The average molecular weight is 471 g/mol. The molecule has 0 radical (unpaired) electrons. The summed E-state index contributed by atoms with van der Waals surface area (Å²) in [7, 11) is -3.54. The van der Waals surface area contributed by atoms with Gasteiger partial charge in [-0.3, -0.25) is 9.48 Å². The van der Waals surface area contributed by atoms with E-state index in [1.165, 1.54) is 19.3 Å². The van der Waals surface area contributed by atoms with Crippen LogP contribution in [-0.4, -0.2) is 55.0 Å². The number of nitrogens with one attached hydrogen (secondary N) is 3. The molecule has 1 aromatic carbocycles. The Hall–Kier alpha value is -2.01. The SMILES string of the molecule is Cc1ccc(S(=O)(=O)NCCCNC(=O)c2cn(CCC3CCCCN3)nn2)cc1.Cl. The molecule has 3 rings (SSSR count). The van der Waals surface area contributed by atoms with E-state index in [-0.39, 0.29) is 35.4 Å². The lowest BCUT2D eigenvalue weighted by Crippen LogP contribution is -2.34. The first-order chi connectivity index (χ1) is 14.4. The van der Waals surface area contributed by atoms with Crippen molar-refractivity contribution < 1.29 is 13.2 Å². The normalized spacial score (nSPS) is 16.5. The standard InChI is InChI=1S/C20H30N6O3S.ClH/c1-16-6-8-18(9-7-16)30(28,29)23-13-4-12-22-20(27)19-15-26(25-24-19)14-10-17-5-2-3-11-21-17;/h6-9,15,17,21,23H,2-5,10-14H2,1H3,(H,22,27);1H. The van der Waals surface area contributed by atoms with Crippen LogP contribution in [0.4, 0.5) is 0 Å². The predicted octanol–water partition coefficient (Wildman–Crippen LogP) is 1.64. The third-order valence-corrected chi connectivity index (χ3v) is 6.63. The lowest BCUT2D eigenvalue weighted by molar-refractivity contribution is 0.0948. The number of sulfonamides is 1. The Morgan fingerprint density at radius 3 is 2.71 bits per heavy atom. The second kappa shape index (κ2) is 12.1. The van der Waals surface area contributed by atoms with E-state index in [4.69, 9.17) is 0 Å². The molecular formula is C20H31ClN6O3S. The van der Waals surface area contributed by atoms with Gasteiger partial charge in [0.1, 0.15) is 0 Å². The Balaban J connectivity index is 0.00000341. The molecule has 1 aliphatic heterocycles. The molecule has 0 spiro atoms. The number of hydrogen-bond donors (Lipinski definition) is 3. The van der Waals surface area contributed by atoms with Crippen molar-refractivity contribution in [3.8, 4) is 0 Å². The molecule has 1 atom stereocenters. The molecule has 1 aliphatic rings. The topological polar surface area (TPSA) is 118 Å². The maximum Gasteiger partial charge on any atom is 0.273 e. The molecule has 11 heteroatoms. The molecule has 0 aliphatic carbocycles. The monoisotopic (exact) mass is 470 g/mol. The highest BCUT2D eigenvalue weighted by Crippen LogP contribution is 2.11. The quantitative estimate of drug-likeness (QED) is 0.454. The molecule has 1 unspecified atom stereocenters. The Morgan fingerprint density at radius 1 is 1.23 bits per heavy atom. The second-order valence-corrected chi connectivity index (χ2v) is 9.39. The van der Waals surface area contributed by atoms with Gasteiger partial charge in [0.25, 0.3) is 5.91 Å². The first-order valence-corrected chi connectivity index (χ1v) is 11.9. The molecular weight excluding hydrogens is 440 g/mol. The number of piperidine rings is 1. The summed E-state index contributed by atoms with van der Waals surface area (Å²) in [6, 6.07) is 7.17. The average Bonchev–Trinajstić information content (AvgIpc) is 3.22. The largest absolute Gasteiger partial charge is 0.351 e. The van der Waals surface area contributed by atoms with Crippen LogP contribution in [0.1, 0.15) is 48.2 Å². The molecule has 1 aromatic heterocycles. The zero-order chi connectivity index (χ0) is 21.4. The third-order valence-electron chi connectivity index (χ3n) is 5.15. The molecule has 0 saturated carbocycles. The van der Waals surface area contributed by atoms with E-state index >= 15 is 0 Å². The fourth-order valence-corrected chi connectivity index (χ4v) is 4.43. The van der Waals surface area contributed by atoms with Gasteiger partial charge in [-0.15, -0.1) is 17.5 Å². The van der Waals surface area contributed by atoms with Crippen LogP contribution < -0.4 is 15.4 Å². The van der Waals surface area contributed by atoms with Gasteiger partial charge in [-0.05, 0) is 51.3 Å². The predicted molar refractivity (Wildman–Crippen MR) is 121 cm³/mol. The second-order valence-electron chi connectivity index (χ2n) is 7.62. The van der Waals surface area contributed by atoms with Crippen molar-refractivity contribution in [2.45, 2.75) is 56.5 Å². The van der Waals surface area contributed by atoms with E-state index in [2.05, 4.69) is 25.7 Å². The number of halogens is 1. The Labute approximate surface area is 189 Å². The van der Waals surface area contributed by atoms with E-state index < -0.39 is 10.0 Å². The molecule has 1 amide bonds. The van der Waals surface area contributed by atoms with Gasteiger partial charge in [0.05, 0.1) is 11.1 Å². The van der Waals surface area contributed by atoms with Gasteiger partial charge in [0.2, 0.25) is 10.0 Å². The summed E-state index contributed by atoms with van der Waals surface area (Å²) < 4.78 is 28.7. The van der Waals surface area contributed by atoms with Crippen LogP contribution >= 0.6 is 12.4 Å². The van der Waals surface area contributed by atoms with E-state index in [1.807, 2.05) is 6.92 Å². The number of nitrogens with zero attached hydrogens (tertiary/aromatic N) is 3. The van der Waals surface area contributed by atoms with Crippen LogP contribution in [0, 0.1) is 6.92 Å². The number of aromatic nitrogens is 3. The molecule has 1 fully saturated rings.